The van der Waals surface area contributed by atoms with Gasteiger partial charge in [-0.3, -0.25) is 0 Å². The van der Waals surface area contributed by atoms with Crippen LogP contribution in [-0.2, 0) is 9.59 Å². The number of hydrogen-bond donors (Lipinski definition) is 0. The Kier molecular flexibility index (Phi) is 3.68. The molecule has 0 atom stereocenters. The Bertz CT molecular complexity index is 570. The van der Waals surface area contributed by atoms with Crippen LogP contribution in [0.4, 0.5) is 0 Å². The highest BCUT2D eigenvalue weighted by molar-refractivity contribution is 6.22. The predicted octanol–water partition coefficient (Wildman–Crippen LogP) is 2.82. The minimum Gasteiger partial charge on any atom is -0.233 e. The van der Waals surface area contributed by atoms with Crippen LogP contribution in [0.1, 0.15) is 11.1 Å². The molecule has 0 amide bonds. The van der Waals surface area contributed by atoms with E-state index in [-0.39, 0.29) is 11.1 Å². The molecule has 0 saturated carbocycles. The Morgan fingerprint density at radius 1 is 0.611 bits per heavy atom. The maximum Gasteiger partial charge on any atom is 0.134 e. The number of carbonyl (C=O) groups excluding carboxylic acids is 2. The molecule has 2 rings (SSSR count). The van der Waals surface area contributed by atoms with Crippen LogP contribution in [0, 0.1) is 0 Å². The Morgan fingerprint density at radius 3 is 1.22 bits per heavy atom. The van der Waals surface area contributed by atoms with Crippen LogP contribution < -0.4 is 0 Å². The first kappa shape index (κ1) is 11.8. The van der Waals surface area contributed by atoms with Crippen LogP contribution in [0.15, 0.2) is 60.7 Å². The number of allylic oxidation sites excluding steroid dienone is 2. The smallest absolute Gasteiger partial charge is 0.134 e. The van der Waals surface area contributed by atoms with Crippen molar-refractivity contribution in [1.82, 2.24) is 0 Å². The van der Waals surface area contributed by atoms with Crippen LogP contribution in [-0.4, -0.2) is 11.9 Å². The monoisotopic (exact) mass is 234 g/mol. The molecule has 2 aromatic carbocycles. The molecule has 0 aliphatic rings. The summed E-state index contributed by atoms with van der Waals surface area (Å²) < 4.78 is 0. The molecule has 0 heterocycles. The van der Waals surface area contributed by atoms with Crippen LogP contribution in [0.25, 0.3) is 11.1 Å². The van der Waals surface area contributed by atoms with Gasteiger partial charge in [0.1, 0.15) is 11.9 Å². The number of rotatable bonds is 3. The van der Waals surface area contributed by atoms with Crippen molar-refractivity contribution in [2.75, 3.05) is 0 Å². The standard InChI is InChI=1S/C16H10O2/c17-11-15(13-7-3-1-4-8-13)16(12-18)14-9-5-2-6-10-14/h1-10H. The van der Waals surface area contributed by atoms with Crippen molar-refractivity contribution in [3.63, 3.8) is 0 Å². The van der Waals surface area contributed by atoms with Crippen molar-refractivity contribution in [3.8, 4) is 0 Å². The van der Waals surface area contributed by atoms with E-state index >= 15 is 0 Å². The summed E-state index contributed by atoms with van der Waals surface area (Å²) in [5.41, 5.74) is 1.79. The van der Waals surface area contributed by atoms with Crippen LogP contribution in [0.5, 0.6) is 0 Å². The van der Waals surface area contributed by atoms with Gasteiger partial charge < -0.3 is 0 Å². The van der Waals surface area contributed by atoms with Crippen LogP contribution in [0.3, 0.4) is 0 Å². The Hall–Kier alpha value is -2.66. The third kappa shape index (κ3) is 2.36. The molecule has 0 aromatic heterocycles. The predicted molar refractivity (Wildman–Crippen MR) is 71.1 cm³/mol. The van der Waals surface area contributed by atoms with E-state index in [1.165, 1.54) is 0 Å². The van der Waals surface area contributed by atoms with Gasteiger partial charge in [0.15, 0.2) is 0 Å². The van der Waals surface area contributed by atoms with Gasteiger partial charge in [0.05, 0.1) is 11.1 Å². The minimum absolute atomic E-state index is 0.233. The van der Waals surface area contributed by atoms with E-state index in [0.29, 0.717) is 11.1 Å². The summed E-state index contributed by atoms with van der Waals surface area (Å²) >= 11 is 0. The van der Waals surface area contributed by atoms with Crippen molar-refractivity contribution in [3.05, 3.63) is 71.8 Å². The van der Waals surface area contributed by atoms with Gasteiger partial charge in [-0.15, -0.1) is 0 Å². The summed E-state index contributed by atoms with van der Waals surface area (Å²) in [6.07, 6.45) is 0. The van der Waals surface area contributed by atoms with Gasteiger partial charge >= 0.3 is 0 Å². The quantitative estimate of drug-likeness (QED) is 0.604. The van der Waals surface area contributed by atoms with E-state index in [1.54, 1.807) is 48.5 Å². The first-order valence-corrected chi connectivity index (χ1v) is 5.48. The highest BCUT2D eigenvalue weighted by Gasteiger charge is 2.12. The zero-order valence-electron chi connectivity index (χ0n) is 9.59. The molecule has 18 heavy (non-hydrogen) atoms. The maximum absolute atomic E-state index is 11.1. The lowest BCUT2D eigenvalue weighted by Gasteiger charge is -2.05. The largest absolute Gasteiger partial charge is 0.233 e. The van der Waals surface area contributed by atoms with E-state index in [0.717, 1.165) is 0 Å². The average Bonchev–Trinajstić information content (AvgIpc) is 2.46. The Balaban J connectivity index is 2.53. The molecule has 0 unspecified atom stereocenters. The summed E-state index contributed by atoms with van der Waals surface area (Å²) in [6.45, 7) is 0. The second kappa shape index (κ2) is 5.60. The fourth-order valence-electron chi connectivity index (χ4n) is 1.72. The molecule has 0 N–H and O–H groups in total. The molecule has 86 valence electrons. The van der Waals surface area contributed by atoms with E-state index in [4.69, 9.17) is 0 Å². The second-order valence-electron chi connectivity index (χ2n) is 3.69. The summed E-state index contributed by atoms with van der Waals surface area (Å²) in [5.74, 6) is 3.67. The van der Waals surface area contributed by atoms with Gasteiger partial charge in [0.2, 0.25) is 0 Å². The molecule has 2 heteroatoms. The van der Waals surface area contributed by atoms with Crippen LogP contribution in [0.2, 0.25) is 0 Å². The van der Waals surface area contributed by atoms with Gasteiger partial charge in [0.25, 0.3) is 0 Å². The van der Waals surface area contributed by atoms with Gasteiger partial charge in [0, 0.05) is 0 Å². The third-order valence-corrected chi connectivity index (χ3v) is 2.58. The summed E-state index contributed by atoms with van der Waals surface area (Å²) in [6, 6.07) is 18.0. The lowest BCUT2D eigenvalue weighted by molar-refractivity contribution is 0.567. The molecular weight excluding hydrogens is 224 g/mol. The first-order chi connectivity index (χ1) is 8.86. The molecule has 2 nitrogen and oxygen atoms in total. The lowest BCUT2D eigenvalue weighted by atomic mass is 9.95. The van der Waals surface area contributed by atoms with E-state index in [9.17, 15) is 9.59 Å². The zero-order valence-corrected chi connectivity index (χ0v) is 9.59. The van der Waals surface area contributed by atoms with Gasteiger partial charge in [-0.05, 0) is 11.1 Å². The lowest BCUT2D eigenvalue weighted by Crippen LogP contribution is -1.92. The van der Waals surface area contributed by atoms with E-state index in [2.05, 4.69) is 0 Å². The highest BCUT2D eigenvalue weighted by atomic mass is 16.1. The van der Waals surface area contributed by atoms with Crippen molar-refractivity contribution in [2.24, 2.45) is 0 Å². The third-order valence-electron chi connectivity index (χ3n) is 2.58. The molecule has 0 saturated heterocycles. The molecule has 0 aliphatic heterocycles. The van der Waals surface area contributed by atoms with Crippen molar-refractivity contribution >= 4 is 23.0 Å². The number of hydrogen-bond acceptors (Lipinski definition) is 2. The molecule has 0 spiro atoms. The first-order valence-electron chi connectivity index (χ1n) is 5.48. The van der Waals surface area contributed by atoms with Crippen molar-refractivity contribution in [1.29, 1.82) is 0 Å². The van der Waals surface area contributed by atoms with Gasteiger partial charge in [-0.25, -0.2) is 9.59 Å². The van der Waals surface area contributed by atoms with E-state index < -0.39 is 0 Å². The van der Waals surface area contributed by atoms with Crippen molar-refractivity contribution in [2.45, 2.75) is 0 Å². The maximum atomic E-state index is 11.1. The fourth-order valence-corrected chi connectivity index (χ4v) is 1.72. The SMILES string of the molecule is O=C=C(C(=C=O)c1ccccc1)c1ccccc1. The van der Waals surface area contributed by atoms with Crippen LogP contribution >= 0.6 is 0 Å². The summed E-state index contributed by atoms with van der Waals surface area (Å²) in [7, 11) is 0. The molecule has 0 fully saturated rings. The van der Waals surface area contributed by atoms with E-state index in [1.807, 2.05) is 24.0 Å². The second-order valence-corrected chi connectivity index (χ2v) is 3.69. The summed E-state index contributed by atoms with van der Waals surface area (Å²) in [4.78, 5) is 22.2. The zero-order chi connectivity index (χ0) is 12.8. The Labute approximate surface area is 105 Å². The molecule has 0 aliphatic carbocycles. The fraction of sp³-hybridized carbons (Fsp3) is 0. The Morgan fingerprint density at radius 2 is 0.944 bits per heavy atom. The van der Waals surface area contributed by atoms with Gasteiger partial charge in [-0.2, -0.15) is 0 Å². The minimum atomic E-state index is 0.233. The molecular formula is C16H10O2. The molecule has 0 bridgehead atoms. The normalized spacial score (nSPS) is 9.11. The average molecular weight is 234 g/mol. The van der Waals surface area contributed by atoms with Crippen molar-refractivity contribution < 1.29 is 9.59 Å². The summed E-state index contributed by atoms with van der Waals surface area (Å²) in [5, 5.41) is 0. The van der Waals surface area contributed by atoms with Gasteiger partial charge in [-0.1, -0.05) is 60.7 Å². The number of benzene rings is 2. The highest BCUT2D eigenvalue weighted by Crippen LogP contribution is 2.26. The molecule has 2 aromatic rings. The topological polar surface area (TPSA) is 34.1 Å². The molecule has 0 radical (unpaired) electrons.